The fraction of sp³-hybridized carbons (Fsp3) is 0.333. The summed E-state index contributed by atoms with van der Waals surface area (Å²) in [5.41, 5.74) is 4.82. The van der Waals surface area contributed by atoms with Crippen molar-refractivity contribution in [3.63, 3.8) is 0 Å². The van der Waals surface area contributed by atoms with Crippen molar-refractivity contribution >= 4 is 0 Å². The highest BCUT2D eigenvalue weighted by Gasteiger charge is 2.50. The van der Waals surface area contributed by atoms with Crippen molar-refractivity contribution in [3.8, 4) is 16.9 Å². The summed E-state index contributed by atoms with van der Waals surface area (Å²) in [6.45, 7) is 0. The molecule has 4 rings (SSSR count). The second-order valence-corrected chi connectivity index (χ2v) is 5.84. The number of rotatable bonds is 1. The Morgan fingerprint density at radius 3 is 2.65 bits per heavy atom. The fourth-order valence-electron chi connectivity index (χ4n) is 4.12. The Labute approximate surface area is 119 Å². The third-order valence-electron chi connectivity index (χ3n) is 5.02. The van der Waals surface area contributed by atoms with Crippen molar-refractivity contribution in [1.29, 1.82) is 0 Å². The predicted molar refractivity (Wildman–Crippen MR) is 79.1 cm³/mol. The Morgan fingerprint density at radius 1 is 1.10 bits per heavy atom. The molecule has 2 aliphatic rings. The third-order valence-corrected chi connectivity index (χ3v) is 5.02. The quantitative estimate of drug-likeness (QED) is 0.856. The van der Waals surface area contributed by atoms with Gasteiger partial charge < -0.3 is 9.84 Å². The molecular formula is C18H18O2. The van der Waals surface area contributed by atoms with E-state index in [4.69, 9.17) is 4.74 Å². The molecule has 0 aromatic heterocycles. The molecule has 1 saturated carbocycles. The minimum absolute atomic E-state index is 0.222. The molecule has 2 aromatic rings. The van der Waals surface area contributed by atoms with E-state index in [2.05, 4.69) is 36.4 Å². The molecule has 1 fully saturated rings. The second kappa shape index (κ2) is 4.10. The lowest BCUT2D eigenvalue weighted by Gasteiger charge is -2.30. The number of aliphatic hydroxyl groups excluding tert-OH is 1. The van der Waals surface area contributed by atoms with Gasteiger partial charge in [0.2, 0.25) is 0 Å². The van der Waals surface area contributed by atoms with Gasteiger partial charge in [-0.2, -0.15) is 0 Å². The van der Waals surface area contributed by atoms with Gasteiger partial charge in [-0.15, -0.1) is 0 Å². The van der Waals surface area contributed by atoms with Gasteiger partial charge in [0.05, 0.1) is 13.2 Å². The Kier molecular flexibility index (Phi) is 2.45. The van der Waals surface area contributed by atoms with Crippen LogP contribution in [0.5, 0.6) is 5.75 Å². The van der Waals surface area contributed by atoms with E-state index in [1.54, 1.807) is 7.11 Å². The summed E-state index contributed by atoms with van der Waals surface area (Å²) in [6.07, 6.45) is 2.68. The van der Waals surface area contributed by atoms with Gasteiger partial charge in [-0.3, -0.25) is 0 Å². The highest BCUT2D eigenvalue weighted by atomic mass is 16.5. The minimum atomic E-state index is -0.294. The zero-order chi connectivity index (χ0) is 13.7. The third kappa shape index (κ3) is 1.32. The maximum absolute atomic E-state index is 10.7. The number of hydrogen-bond donors (Lipinski definition) is 1. The molecule has 2 heteroatoms. The maximum Gasteiger partial charge on any atom is 0.119 e. The lowest BCUT2D eigenvalue weighted by molar-refractivity contribution is 0.129. The van der Waals surface area contributed by atoms with Gasteiger partial charge in [-0.1, -0.05) is 30.3 Å². The second-order valence-electron chi connectivity index (χ2n) is 5.84. The van der Waals surface area contributed by atoms with E-state index < -0.39 is 0 Å². The number of fused-ring (bicyclic) bond motifs is 5. The molecule has 1 N–H and O–H groups in total. The molecule has 0 saturated heterocycles. The molecule has 0 radical (unpaired) electrons. The molecule has 2 aliphatic carbocycles. The van der Waals surface area contributed by atoms with Crippen molar-refractivity contribution in [2.24, 2.45) is 0 Å². The zero-order valence-corrected chi connectivity index (χ0v) is 11.6. The molecular weight excluding hydrogens is 248 g/mol. The van der Waals surface area contributed by atoms with Crippen molar-refractivity contribution in [1.82, 2.24) is 0 Å². The van der Waals surface area contributed by atoms with E-state index in [1.165, 1.54) is 22.3 Å². The molecule has 0 aliphatic heterocycles. The smallest absolute Gasteiger partial charge is 0.119 e. The minimum Gasteiger partial charge on any atom is -0.497 e. The Bertz CT molecular complexity index is 677. The van der Waals surface area contributed by atoms with Crippen molar-refractivity contribution in [3.05, 3.63) is 53.6 Å². The van der Waals surface area contributed by atoms with Gasteiger partial charge in [0.25, 0.3) is 0 Å². The molecule has 2 aromatic carbocycles. The molecule has 0 bridgehead atoms. The van der Waals surface area contributed by atoms with Gasteiger partial charge in [0.1, 0.15) is 5.75 Å². The van der Waals surface area contributed by atoms with E-state index >= 15 is 0 Å². The van der Waals surface area contributed by atoms with Crippen LogP contribution in [0.1, 0.15) is 30.4 Å². The van der Waals surface area contributed by atoms with E-state index in [1.807, 2.05) is 6.07 Å². The first-order chi connectivity index (χ1) is 9.77. The van der Waals surface area contributed by atoms with Crippen LogP contribution in [-0.4, -0.2) is 18.3 Å². The zero-order valence-electron chi connectivity index (χ0n) is 11.6. The van der Waals surface area contributed by atoms with Crippen LogP contribution in [0.25, 0.3) is 11.1 Å². The van der Waals surface area contributed by atoms with Crippen LogP contribution in [0, 0.1) is 0 Å². The first-order valence-corrected chi connectivity index (χ1v) is 7.24. The molecule has 1 spiro atoms. The van der Waals surface area contributed by atoms with Crippen LogP contribution in [0.15, 0.2) is 42.5 Å². The number of hydrogen-bond acceptors (Lipinski definition) is 2. The number of ether oxygens (including phenoxy) is 1. The van der Waals surface area contributed by atoms with Crippen LogP contribution in [0.3, 0.4) is 0 Å². The van der Waals surface area contributed by atoms with Gasteiger partial charge in [-0.05, 0) is 53.6 Å². The average Bonchev–Trinajstić information content (AvgIpc) is 3.01. The highest BCUT2D eigenvalue weighted by Crippen LogP contribution is 2.57. The highest BCUT2D eigenvalue weighted by molar-refractivity contribution is 5.82. The summed E-state index contributed by atoms with van der Waals surface area (Å²) >= 11 is 0. The van der Waals surface area contributed by atoms with Crippen molar-refractivity contribution in [2.45, 2.75) is 30.8 Å². The maximum atomic E-state index is 10.7. The largest absolute Gasteiger partial charge is 0.497 e. The SMILES string of the molecule is COc1ccc2c(c1)[C@@]1(CCC[C@H]1O)c1ccccc1-2. The van der Waals surface area contributed by atoms with Gasteiger partial charge in [0, 0.05) is 5.41 Å². The van der Waals surface area contributed by atoms with E-state index in [0.717, 1.165) is 25.0 Å². The van der Waals surface area contributed by atoms with Crippen molar-refractivity contribution < 1.29 is 9.84 Å². The number of aliphatic hydroxyl groups is 1. The number of benzene rings is 2. The van der Waals surface area contributed by atoms with Crippen molar-refractivity contribution in [2.75, 3.05) is 7.11 Å². The topological polar surface area (TPSA) is 29.5 Å². The lowest BCUT2D eigenvalue weighted by atomic mass is 9.75. The normalized spacial score (nSPS) is 26.6. The van der Waals surface area contributed by atoms with Crippen LogP contribution in [0.4, 0.5) is 0 Å². The predicted octanol–water partition coefficient (Wildman–Crippen LogP) is 3.51. The summed E-state index contributed by atoms with van der Waals surface area (Å²) in [6, 6.07) is 14.8. The summed E-state index contributed by atoms with van der Waals surface area (Å²) in [5.74, 6) is 0.870. The molecule has 2 nitrogen and oxygen atoms in total. The van der Waals surface area contributed by atoms with Crippen LogP contribution >= 0.6 is 0 Å². The monoisotopic (exact) mass is 266 g/mol. The lowest BCUT2D eigenvalue weighted by Crippen LogP contribution is -2.33. The van der Waals surface area contributed by atoms with E-state index in [-0.39, 0.29) is 11.5 Å². The molecule has 0 heterocycles. The van der Waals surface area contributed by atoms with Gasteiger partial charge >= 0.3 is 0 Å². The summed E-state index contributed by atoms with van der Waals surface area (Å²) in [5, 5.41) is 10.7. The first kappa shape index (κ1) is 12.0. The van der Waals surface area contributed by atoms with Gasteiger partial charge in [0.15, 0.2) is 0 Å². The number of methoxy groups -OCH3 is 1. The molecule has 0 unspecified atom stereocenters. The summed E-state index contributed by atoms with van der Waals surface area (Å²) < 4.78 is 5.39. The molecule has 2 atom stereocenters. The summed E-state index contributed by atoms with van der Waals surface area (Å²) in [7, 11) is 1.70. The Balaban J connectivity index is 2.05. The average molecular weight is 266 g/mol. The van der Waals surface area contributed by atoms with Gasteiger partial charge in [-0.25, -0.2) is 0 Å². The first-order valence-electron chi connectivity index (χ1n) is 7.24. The molecule has 102 valence electrons. The van der Waals surface area contributed by atoms with E-state index in [0.29, 0.717) is 0 Å². The molecule has 0 amide bonds. The standard InChI is InChI=1S/C18H18O2/c1-20-12-8-9-14-13-5-2-3-6-15(13)18(16(14)11-12)10-4-7-17(18)19/h2-3,5-6,8-9,11,17,19H,4,7,10H2,1H3/t17-,18-/m1/s1. The van der Waals surface area contributed by atoms with Crippen LogP contribution in [0.2, 0.25) is 0 Å². The van der Waals surface area contributed by atoms with Crippen LogP contribution < -0.4 is 4.74 Å². The van der Waals surface area contributed by atoms with E-state index in [9.17, 15) is 5.11 Å². The summed E-state index contributed by atoms with van der Waals surface area (Å²) in [4.78, 5) is 0. The Morgan fingerprint density at radius 2 is 1.90 bits per heavy atom. The van der Waals surface area contributed by atoms with Crippen LogP contribution in [-0.2, 0) is 5.41 Å². The molecule has 20 heavy (non-hydrogen) atoms. The Hall–Kier alpha value is -1.80. The fourth-order valence-corrected chi connectivity index (χ4v) is 4.12.